The van der Waals surface area contributed by atoms with E-state index in [1.807, 2.05) is 13.8 Å². The molecule has 2 rings (SSSR count). The van der Waals surface area contributed by atoms with Gasteiger partial charge in [-0.2, -0.15) is 5.10 Å². The summed E-state index contributed by atoms with van der Waals surface area (Å²) in [5, 5.41) is 15.1. The van der Waals surface area contributed by atoms with Crippen molar-refractivity contribution in [3.05, 3.63) is 51.5 Å². The predicted molar refractivity (Wildman–Crippen MR) is 77.7 cm³/mol. The van der Waals surface area contributed by atoms with Gasteiger partial charge in [0.25, 0.3) is 0 Å². The van der Waals surface area contributed by atoms with E-state index in [2.05, 4.69) is 5.10 Å². The topological polar surface area (TPSA) is 38.0 Å². The maximum absolute atomic E-state index is 13.8. The van der Waals surface area contributed by atoms with Crippen LogP contribution in [-0.2, 0) is 6.42 Å². The van der Waals surface area contributed by atoms with Crippen molar-refractivity contribution in [1.82, 2.24) is 9.78 Å². The molecule has 1 unspecified atom stereocenters. The van der Waals surface area contributed by atoms with Crippen LogP contribution in [0.2, 0.25) is 10.0 Å². The molecule has 0 saturated carbocycles. The normalized spacial score (nSPS) is 12.9. The number of nitrogens with zero attached hydrogens (tertiary/aromatic N) is 2. The van der Waals surface area contributed by atoms with Gasteiger partial charge in [-0.15, -0.1) is 0 Å². The quantitative estimate of drug-likeness (QED) is 0.918. The standard InChI is InChI=1S/C14H15Cl2FN2O/c1-8(2)19-14(11(16)7-18-19)13(20)6-9-10(15)4-3-5-12(9)17/h3-5,7-8,13,20H,6H2,1-2H3. The zero-order valence-corrected chi connectivity index (χ0v) is 12.7. The van der Waals surface area contributed by atoms with Gasteiger partial charge in [-0.25, -0.2) is 4.39 Å². The van der Waals surface area contributed by atoms with E-state index in [0.29, 0.717) is 10.7 Å². The van der Waals surface area contributed by atoms with E-state index in [1.165, 1.54) is 18.3 Å². The predicted octanol–water partition coefficient (Wildman–Crippen LogP) is 4.19. The molecule has 1 atom stereocenters. The van der Waals surface area contributed by atoms with Gasteiger partial charge in [0.15, 0.2) is 0 Å². The molecule has 0 aliphatic rings. The third kappa shape index (κ3) is 2.97. The van der Waals surface area contributed by atoms with Crippen LogP contribution in [0.3, 0.4) is 0 Å². The molecule has 0 fully saturated rings. The minimum Gasteiger partial charge on any atom is -0.386 e. The Balaban J connectivity index is 2.33. The van der Waals surface area contributed by atoms with Gasteiger partial charge in [0.05, 0.1) is 16.9 Å². The summed E-state index contributed by atoms with van der Waals surface area (Å²) in [6.07, 6.45) is 0.550. The first-order valence-electron chi connectivity index (χ1n) is 6.25. The van der Waals surface area contributed by atoms with E-state index >= 15 is 0 Å². The first-order valence-corrected chi connectivity index (χ1v) is 7.01. The van der Waals surface area contributed by atoms with E-state index in [1.54, 1.807) is 10.7 Å². The lowest BCUT2D eigenvalue weighted by atomic mass is 10.0. The summed E-state index contributed by atoms with van der Waals surface area (Å²) in [4.78, 5) is 0. The second kappa shape index (κ2) is 6.12. The first-order chi connectivity index (χ1) is 9.41. The molecule has 0 aliphatic heterocycles. The van der Waals surface area contributed by atoms with Crippen LogP contribution in [0.5, 0.6) is 0 Å². The van der Waals surface area contributed by atoms with Crippen molar-refractivity contribution < 1.29 is 9.50 Å². The molecule has 1 N–H and O–H groups in total. The lowest BCUT2D eigenvalue weighted by molar-refractivity contribution is 0.163. The average molecular weight is 317 g/mol. The Kier molecular flexibility index (Phi) is 4.68. The van der Waals surface area contributed by atoms with Crippen LogP contribution in [0.25, 0.3) is 0 Å². The van der Waals surface area contributed by atoms with Crippen LogP contribution in [0.15, 0.2) is 24.4 Å². The van der Waals surface area contributed by atoms with Gasteiger partial charge in [0, 0.05) is 23.0 Å². The minimum atomic E-state index is -0.971. The molecule has 0 bridgehead atoms. The molecule has 1 aromatic heterocycles. The van der Waals surface area contributed by atoms with Gasteiger partial charge in [-0.1, -0.05) is 29.3 Å². The second-order valence-corrected chi connectivity index (χ2v) is 5.65. The maximum Gasteiger partial charge on any atom is 0.127 e. The summed E-state index contributed by atoms with van der Waals surface area (Å²) in [5.41, 5.74) is 0.746. The van der Waals surface area contributed by atoms with Gasteiger partial charge in [0.2, 0.25) is 0 Å². The van der Waals surface area contributed by atoms with Crippen LogP contribution in [0.4, 0.5) is 4.39 Å². The third-order valence-electron chi connectivity index (χ3n) is 3.05. The van der Waals surface area contributed by atoms with Gasteiger partial charge in [0.1, 0.15) is 11.9 Å². The summed E-state index contributed by atoms with van der Waals surface area (Å²) < 4.78 is 15.4. The molecule has 0 radical (unpaired) electrons. The number of aliphatic hydroxyl groups is 1. The molecule has 2 aromatic rings. The number of aromatic nitrogens is 2. The van der Waals surface area contributed by atoms with Crippen molar-refractivity contribution in [2.24, 2.45) is 0 Å². The highest BCUT2D eigenvalue weighted by molar-refractivity contribution is 6.31. The SMILES string of the molecule is CC(C)n1ncc(Cl)c1C(O)Cc1c(F)cccc1Cl. The van der Waals surface area contributed by atoms with Crippen LogP contribution in [0.1, 0.15) is 37.3 Å². The number of rotatable bonds is 4. The van der Waals surface area contributed by atoms with Crippen LogP contribution >= 0.6 is 23.2 Å². The van der Waals surface area contributed by atoms with Gasteiger partial charge < -0.3 is 5.11 Å². The Morgan fingerprint density at radius 3 is 2.60 bits per heavy atom. The van der Waals surface area contributed by atoms with Crippen LogP contribution < -0.4 is 0 Å². The third-order valence-corrected chi connectivity index (χ3v) is 3.70. The highest BCUT2D eigenvalue weighted by Crippen LogP contribution is 2.30. The van der Waals surface area contributed by atoms with Crippen molar-refractivity contribution in [3.63, 3.8) is 0 Å². The fourth-order valence-electron chi connectivity index (χ4n) is 2.09. The molecule has 1 aromatic carbocycles. The minimum absolute atomic E-state index is 0.0447. The Labute approximate surface area is 126 Å². The summed E-state index contributed by atoms with van der Waals surface area (Å²) in [5.74, 6) is -0.441. The van der Waals surface area contributed by atoms with E-state index in [4.69, 9.17) is 23.2 Å². The smallest absolute Gasteiger partial charge is 0.127 e. The molecule has 0 aliphatic carbocycles. The van der Waals surface area contributed by atoms with E-state index in [0.717, 1.165) is 0 Å². The van der Waals surface area contributed by atoms with Gasteiger partial charge in [-0.3, -0.25) is 4.68 Å². The fraction of sp³-hybridized carbons (Fsp3) is 0.357. The number of halogens is 3. The average Bonchev–Trinajstić information content (AvgIpc) is 2.76. The van der Waals surface area contributed by atoms with Crippen molar-refractivity contribution in [2.45, 2.75) is 32.4 Å². The Morgan fingerprint density at radius 1 is 1.30 bits per heavy atom. The van der Waals surface area contributed by atoms with Crippen molar-refractivity contribution in [1.29, 1.82) is 0 Å². The van der Waals surface area contributed by atoms with Crippen LogP contribution in [-0.4, -0.2) is 14.9 Å². The van der Waals surface area contributed by atoms with Crippen molar-refractivity contribution in [2.75, 3.05) is 0 Å². The largest absolute Gasteiger partial charge is 0.386 e. The molecule has 0 spiro atoms. The zero-order chi connectivity index (χ0) is 14.9. The van der Waals surface area contributed by atoms with Crippen LogP contribution in [0, 0.1) is 5.82 Å². The molecule has 108 valence electrons. The van der Waals surface area contributed by atoms with Gasteiger partial charge >= 0.3 is 0 Å². The lowest BCUT2D eigenvalue weighted by Gasteiger charge is -2.17. The Bertz CT molecular complexity index is 593. The number of hydrogen-bond acceptors (Lipinski definition) is 2. The van der Waals surface area contributed by atoms with Crippen molar-refractivity contribution >= 4 is 23.2 Å². The van der Waals surface area contributed by atoms with E-state index < -0.39 is 11.9 Å². The van der Waals surface area contributed by atoms with E-state index in [9.17, 15) is 9.50 Å². The van der Waals surface area contributed by atoms with Gasteiger partial charge in [-0.05, 0) is 26.0 Å². The highest BCUT2D eigenvalue weighted by Gasteiger charge is 2.22. The molecule has 6 heteroatoms. The Hall–Kier alpha value is -1.10. The Morgan fingerprint density at radius 2 is 2.00 bits per heavy atom. The van der Waals surface area contributed by atoms with Crippen molar-refractivity contribution in [3.8, 4) is 0 Å². The number of hydrogen-bond donors (Lipinski definition) is 1. The summed E-state index contributed by atoms with van der Waals surface area (Å²) in [6.45, 7) is 3.85. The zero-order valence-electron chi connectivity index (χ0n) is 11.1. The summed E-state index contributed by atoms with van der Waals surface area (Å²) in [6, 6.07) is 4.48. The second-order valence-electron chi connectivity index (χ2n) is 4.84. The fourth-order valence-corrected chi connectivity index (χ4v) is 2.59. The summed E-state index contributed by atoms with van der Waals surface area (Å²) in [7, 11) is 0. The molecule has 20 heavy (non-hydrogen) atoms. The maximum atomic E-state index is 13.8. The molecule has 3 nitrogen and oxygen atoms in total. The molecular weight excluding hydrogens is 302 g/mol. The molecule has 0 saturated heterocycles. The van der Waals surface area contributed by atoms with E-state index in [-0.39, 0.29) is 23.0 Å². The molecule has 1 heterocycles. The highest BCUT2D eigenvalue weighted by atomic mass is 35.5. The molecule has 0 amide bonds. The first kappa shape index (κ1) is 15.3. The molecular formula is C14H15Cl2FN2O. The number of aliphatic hydroxyl groups excluding tert-OH is 1. The monoisotopic (exact) mass is 316 g/mol. The summed E-state index contributed by atoms with van der Waals surface area (Å²) >= 11 is 12.0. The lowest BCUT2D eigenvalue weighted by Crippen LogP contribution is -2.14. The number of benzene rings is 1.